The Bertz CT molecular complexity index is 1710. The predicted octanol–water partition coefficient (Wildman–Crippen LogP) is 5.75. The number of fused-ring (bicyclic) bond motifs is 1. The lowest BCUT2D eigenvalue weighted by Gasteiger charge is -2.56. The van der Waals surface area contributed by atoms with E-state index < -0.39 is 0 Å². The lowest BCUT2D eigenvalue weighted by molar-refractivity contribution is -0.129. The molecule has 0 unspecified atom stereocenters. The van der Waals surface area contributed by atoms with Crippen molar-refractivity contribution in [3.8, 4) is 22.4 Å². The number of aromatic nitrogens is 3. The Labute approximate surface area is 278 Å². The molecule has 4 bridgehead atoms. The maximum absolute atomic E-state index is 13.2. The van der Waals surface area contributed by atoms with Crippen molar-refractivity contribution in [2.45, 2.75) is 58.3 Å². The van der Waals surface area contributed by atoms with Gasteiger partial charge < -0.3 is 15.3 Å². The smallest absolute Gasteiger partial charge is 0.220 e. The molecule has 47 heavy (non-hydrogen) atoms. The lowest BCUT2D eigenvalue weighted by atomic mass is 9.49. The van der Waals surface area contributed by atoms with Crippen LogP contribution >= 0.6 is 0 Å². The van der Waals surface area contributed by atoms with Gasteiger partial charge in [0.2, 0.25) is 5.91 Å². The summed E-state index contributed by atoms with van der Waals surface area (Å²) >= 11 is 0. The number of amides is 1. The van der Waals surface area contributed by atoms with Gasteiger partial charge in [0.05, 0.1) is 18.0 Å². The number of hydrogen-bond acceptors (Lipinski definition) is 6. The molecule has 4 aromatic rings. The Morgan fingerprint density at radius 1 is 0.915 bits per heavy atom. The normalized spacial score (nSPS) is 25.5. The first kappa shape index (κ1) is 30.6. The third kappa shape index (κ3) is 6.18. The van der Waals surface area contributed by atoms with Crippen molar-refractivity contribution < 1.29 is 9.90 Å². The molecule has 4 saturated carbocycles. The molecule has 2 aromatic carbocycles. The number of benzene rings is 2. The monoisotopic (exact) mass is 632 g/mol. The number of aliphatic hydroxyl groups is 1. The fraction of sp³-hybridized carbons (Fsp3) is 0.513. The number of aryl methyl sites for hydroxylation is 1. The molecule has 5 fully saturated rings. The third-order valence-corrected chi connectivity index (χ3v) is 11.6. The first-order valence-corrected chi connectivity index (χ1v) is 17.9. The van der Waals surface area contributed by atoms with Gasteiger partial charge in [0, 0.05) is 62.9 Å². The molecule has 8 heteroatoms. The molecule has 0 radical (unpaired) electrons. The summed E-state index contributed by atoms with van der Waals surface area (Å²) in [5, 5.41) is 17.8. The fourth-order valence-electron chi connectivity index (χ4n) is 9.91. The van der Waals surface area contributed by atoms with Gasteiger partial charge >= 0.3 is 0 Å². The van der Waals surface area contributed by atoms with Gasteiger partial charge in [0.1, 0.15) is 5.82 Å². The minimum atomic E-state index is 0.185. The Hall–Kier alpha value is -3.75. The van der Waals surface area contributed by atoms with E-state index in [9.17, 15) is 9.90 Å². The van der Waals surface area contributed by atoms with Gasteiger partial charge in [-0.2, -0.15) is 9.61 Å². The van der Waals surface area contributed by atoms with Crippen molar-refractivity contribution in [3.05, 3.63) is 71.9 Å². The van der Waals surface area contributed by atoms with Crippen molar-refractivity contribution >= 4 is 17.4 Å². The molecule has 0 spiro atoms. The zero-order chi connectivity index (χ0) is 32.0. The van der Waals surface area contributed by atoms with Gasteiger partial charge in [-0.25, -0.2) is 4.98 Å². The van der Waals surface area contributed by atoms with E-state index >= 15 is 0 Å². The molecule has 0 atom stereocenters. The molecule has 1 aliphatic heterocycles. The maximum atomic E-state index is 13.2. The zero-order valence-electron chi connectivity index (χ0n) is 27.7. The molecule has 8 nitrogen and oxygen atoms in total. The Morgan fingerprint density at radius 3 is 2.32 bits per heavy atom. The Kier molecular flexibility index (Phi) is 8.26. The first-order valence-electron chi connectivity index (χ1n) is 17.9. The minimum absolute atomic E-state index is 0.185. The second-order valence-electron chi connectivity index (χ2n) is 15.0. The largest absolute Gasteiger partial charge is 0.395 e. The number of nitrogens with zero attached hydrogens (tertiary/aromatic N) is 5. The van der Waals surface area contributed by atoms with E-state index in [-0.39, 0.29) is 17.9 Å². The third-order valence-electron chi connectivity index (χ3n) is 11.6. The van der Waals surface area contributed by atoms with E-state index in [2.05, 4.69) is 76.6 Å². The number of aliphatic hydroxyl groups excluding tert-OH is 1. The summed E-state index contributed by atoms with van der Waals surface area (Å²) in [6, 6.07) is 21.3. The van der Waals surface area contributed by atoms with Gasteiger partial charge in [0.25, 0.3) is 0 Å². The van der Waals surface area contributed by atoms with Crippen LogP contribution in [0.4, 0.5) is 5.82 Å². The van der Waals surface area contributed by atoms with Crippen LogP contribution in [-0.4, -0.2) is 76.4 Å². The van der Waals surface area contributed by atoms with Crippen LogP contribution in [0.5, 0.6) is 0 Å². The maximum Gasteiger partial charge on any atom is 0.220 e. The van der Waals surface area contributed by atoms with Gasteiger partial charge in [-0.05, 0) is 92.2 Å². The average molecular weight is 633 g/mol. The molecule has 246 valence electrons. The summed E-state index contributed by atoms with van der Waals surface area (Å²) in [5.74, 6) is 3.90. The van der Waals surface area contributed by atoms with Crippen LogP contribution in [0.2, 0.25) is 0 Å². The van der Waals surface area contributed by atoms with Crippen molar-refractivity contribution in [2.24, 2.45) is 23.2 Å². The van der Waals surface area contributed by atoms with Crippen molar-refractivity contribution in [1.82, 2.24) is 24.8 Å². The van der Waals surface area contributed by atoms with Crippen LogP contribution in [0.1, 0.15) is 56.2 Å². The first-order chi connectivity index (χ1) is 22.9. The molecule has 2 N–H and O–H groups in total. The van der Waals surface area contributed by atoms with Crippen LogP contribution in [-0.2, 0) is 11.2 Å². The summed E-state index contributed by atoms with van der Waals surface area (Å²) in [6.07, 6.45) is 9.57. The summed E-state index contributed by atoms with van der Waals surface area (Å²) in [6.45, 7) is 7.14. The molecule has 1 saturated heterocycles. The predicted molar refractivity (Wildman–Crippen MR) is 186 cm³/mol. The highest BCUT2D eigenvalue weighted by molar-refractivity contribution is 5.83. The summed E-state index contributed by atoms with van der Waals surface area (Å²) < 4.78 is 2.02. The van der Waals surface area contributed by atoms with E-state index in [0.717, 1.165) is 89.9 Å². The number of piperazine rings is 1. The van der Waals surface area contributed by atoms with E-state index in [1.54, 1.807) is 0 Å². The van der Waals surface area contributed by atoms with Crippen molar-refractivity contribution in [3.63, 3.8) is 0 Å². The van der Waals surface area contributed by atoms with Crippen LogP contribution in [0.25, 0.3) is 28.0 Å². The van der Waals surface area contributed by atoms with Crippen LogP contribution < -0.4 is 10.2 Å². The Morgan fingerprint density at radius 2 is 1.62 bits per heavy atom. The molecule has 9 rings (SSSR count). The van der Waals surface area contributed by atoms with Crippen molar-refractivity contribution in [2.75, 3.05) is 50.8 Å². The molecular formula is C39H48N6O2. The molecule has 2 aromatic heterocycles. The van der Waals surface area contributed by atoms with E-state index in [1.807, 2.05) is 10.6 Å². The molecule has 1 amide bonds. The molecule has 4 aliphatic carbocycles. The second-order valence-corrected chi connectivity index (χ2v) is 15.0. The van der Waals surface area contributed by atoms with Crippen LogP contribution in [0.15, 0.2) is 60.7 Å². The summed E-state index contributed by atoms with van der Waals surface area (Å²) in [7, 11) is 0. The average Bonchev–Trinajstić information content (AvgIpc) is 3.40. The van der Waals surface area contributed by atoms with Gasteiger partial charge in [0.15, 0.2) is 5.65 Å². The number of anilines is 1. The van der Waals surface area contributed by atoms with Gasteiger partial charge in [-0.15, -0.1) is 0 Å². The van der Waals surface area contributed by atoms with E-state index in [0.29, 0.717) is 19.5 Å². The number of rotatable bonds is 10. The van der Waals surface area contributed by atoms with Gasteiger partial charge in [-0.1, -0.05) is 48.5 Å². The summed E-state index contributed by atoms with van der Waals surface area (Å²) in [4.78, 5) is 23.1. The lowest BCUT2D eigenvalue weighted by Crippen LogP contribution is -2.48. The molecular weight excluding hydrogens is 584 g/mol. The number of nitrogens with one attached hydrogen (secondary N) is 1. The van der Waals surface area contributed by atoms with E-state index in [4.69, 9.17) is 10.1 Å². The number of carbonyl (C=O) groups is 1. The highest BCUT2D eigenvalue weighted by Crippen LogP contribution is 2.61. The number of carbonyl (C=O) groups excluding carboxylic acids is 1. The number of β-amino-alcohol motifs (C(OH)–C–C–N with tert-alkyl or cyclic N) is 1. The standard InChI is InChI=1S/C39H48N6O2/c1-27-37(32-7-3-2-4-8-32)38-41-34(22-36(45(38)42-27)44-14-12-43(13-15-44)16-17-46)33-9-5-6-28(21-33)10-11-40-35(47)26-39-23-29-18-30(24-39)20-31(19-29)25-39/h2-9,21-22,29-31,46H,10-20,23-26H2,1H3,(H,40,47). The van der Waals surface area contributed by atoms with Crippen LogP contribution in [0.3, 0.4) is 0 Å². The quantitative estimate of drug-likeness (QED) is 0.232. The molecule has 5 aliphatic rings. The highest BCUT2D eigenvalue weighted by Gasteiger charge is 2.51. The Balaban J connectivity index is 1.02. The zero-order valence-corrected chi connectivity index (χ0v) is 27.7. The van der Waals surface area contributed by atoms with Crippen molar-refractivity contribution in [1.29, 1.82) is 0 Å². The topological polar surface area (TPSA) is 86.0 Å². The second kappa shape index (κ2) is 12.7. The molecule has 3 heterocycles. The fourth-order valence-corrected chi connectivity index (χ4v) is 9.91. The SMILES string of the molecule is Cc1nn2c(N3CCN(CCO)CC3)cc(-c3cccc(CCNC(=O)CC45CC6CC(CC(C6)C4)C5)c3)nc2c1-c1ccccc1. The van der Waals surface area contributed by atoms with Gasteiger partial charge in [-0.3, -0.25) is 9.69 Å². The number of hydrogen-bond donors (Lipinski definition) is 2. The highest BCUT2D eigenvalue weighted by atomic mass is 16.3. The minimum Gasteiger partial charge on any atom is -0.395 e. The van der Waals surface area contributed by atoms with Crippen LogP contribution in [0, 0.1) is 30.1 Å². The van der Waals surface area contributed by atoms with E-state index in [1.165, 1.54) is 44.1 Å². The summed E-state index contributed by atoms with van der Waals surface area (Å²) in [5.41, 5.74) is 7.47.